The van der Waals surface area contributed by atoms with Crippen molar-refractivity contribution >= 4 is 53.9 Å². The van der Waals surface area contributed by atoms with E-state index in [1.807, 2.05) is 0 Å². The molecule has 1 fully saturated rings. The van der Waals surface area contributed by atoms with E-state index in [0.717, 1.165) is 33.1 Å². The molecule has 0 aliphatic heterocycles. The first-order chi connectivity index (χ1) is 23.1. The van der Waals surface area contributed by atoms with Crippen molar-refractivity contribution in [1.82, 2.24) is 0 Å². The van der Waals surface area contributed by atoms with E-state index in [-0.39, 0.29) is 42.3 Å². The maximum Gasteiger partial charge on any atom is 0.338 e. The highest BCUT2D eigenvalue weighted by Crippen LogP contribution is 2.34. The van der Waals surface area contributed by atoms with Crippen LogP contribution in [0.2, 0.25) is 0 Å². The average Bonchev–Trinajstić information content (AvgIpc) is 2.99. The number of hydrogen-bond donors (Lipinski definition) is 1. The Kier molecular flexibility index (Phi) is 12.9. The zero-order valence-corrected chi connectivity index (χ0v) is 27.2. The van der Waals surface area contributed by atoms with Crippen LogP contribution in [0.5, 0.6) is 23.0 Å². The molecule has 2 aromatic carbocycles. The fourth-order valence-electron chi connectivity index (χ4n) is 4.77. The summed E-state index contributed by atoms with van der Waals surface area (Å²) in [6.07, 6.45) is 1.83. The Morgan fingerprint density at radius 3 is 1.35 bits per heavy atom. The smallest absolute Gasteiger partial charge is 0.338 e. The topological polar surface area (TPSA) is 204 Å². The normalized spacial score (nSPS) is 18.7. The summed E-state index contributed by atoms with van der Waals surface area (Å²) in [6, 6.07) is 8.42. The van der Waals surface area contributed by atoms with Gasteiger partial charge in [-0.3, -0.25) is 19.2 Å². The Morgan fingerprint density at radius 2 is 1.00 bits per heavy atom. The van der Waals surface area contributed by atoms with Crippen molar-refractivity contribution < 1.29 is 71.8 Å². The van der Waals surface area contributed by atoms with Crippen LogP contribution in [-0.4, -0.2) is 71.8 Å². The van der Waals surface area contributed by atoms with Gasteiger partial charge in [-0.2, -0.15) is 0 Å². The predicted octanol–water partition coefficient (Wildman–Crippen LogP) is 3.03. The SMILES string of the molecule is COC(=O)C1(O)C[C@@H](OC(=O)/C=C/c2ccc(OC(C)=O)c(OC(C)=O)c2)C[C@H](OC(=O)/C=C/c2ccc(OC(C)=O)c(OC(C)=O)c2)C1. The molecule has 1 aliphatic carbocycles. The van der Waals surface area contributed by atoms with Crippen LogP contribution in [0.15, 0.2) is 48.6 Å². The zero-order valence-electron chi connectivity index (χ0n) is 27.2. The number of benzene rings is 2. The molecule has 260 valence electrons. The van der Waals surface area contributed by atoms with Gasteiger partial charge in [0.1, 0.15) is 12.2 Å². The van der Waals surface area contributed by atoms with Crippen LogP contribution in [0.1, 0.15) is 58.1 Å². The number of carbonyl (C=O) groups excluding carboxylic acids is 7. The first kappa shape index (κ1) is 37.6. The Balaban J connectivity index is 1.73. The molecule has 15 nitrogen and oxygen atoms in total. The molecule has 1 aliphatic rings. The Hall–Kier alpha value is -5.83. The molecule has 1 saturated carbocycles. The number of rotatable bonds is 11. The van der Waals surface area contributed by atoms with Crippen LogP contribution >= 0.6 is 0 Å². The maximum absolute atomic E-state index is 12.7. The van der Waals surface area contributed by atoms with Crippen molar-refractivity contribution in [3.05, 3.63) is 59.7 Å². The third-order valence-electron chi connectivity index (χ3n) is 6.56. The quantitative estimate of drug-likeness (QED) is 0.157. The van der Waals surface area contributed by atoms with Crippen molar-refractivity contribution in [2.75, 3.05) is 7.11 Å². The van der Waals surface area contributed by atoms with Gasteiger partial charge in [-0.05, 0) is 47.5 Å². The van der Waals surface area contributed by atoms with Gasteiger partial charge >= 0.3 is 41.8 Å². The minimum absolute atomic E-state index is 0.00826. The van der Waals surface area contributed by atoms with Crippen molar-refractivity contribution in [3.8, 4) is 23.0 Å². The van der Waals surface area contributed by atoms with Crippen molar-refractivity contribution in [3.63, 3.8) is 0 Å². The molecule has 0 heterocycles. The average molecular weight is 683 g/mol. The van der Waals surface area contributed by atoms with Gasteiger partial charge in [-0.25, -0.2) is 14.4 Å². The zero-order chi connectivity index (χ0) is 36.3. The van der Waals surface area contributed by atoms with E-state index in [1.54, 1.807) is 0 Å². The summed E-state index contributed by atoms with van der Waals surface area (Å²) >= 11 is 0. The maximum atomic E-state index is 12.7. The standard InChI is InChI=1S/C34H34O15/c1-19(35)44-27-10-6-23(14-29(27)46-21(3)37)8-12-31(39)48-25-16-26(18-34(42,17-25)33(41)43-5)49-32(40)13-9-24-7-11-28(45-20(2)36)30(15-24)47-22(4)38/h6-15,25-26,42H,16-18H2,1-5H3/b12-8+,13-9+/t25-,26-/m0/s1. The Labute approximate surface area is 280 Å². The van der Waals surface area contributed by atoms with Gasteiger partial charge < -0.3 is 38.3 Å². The second-order valence-corrected chi connectivity index (χ2v) is 10.7. The summed E-state index contributed by atoms with van der Waals surface area (Å²) in [7, 11) is 1.07. The van der Waals surface area contributed by atoms with Gasteiger partial charge in [0, 0.05) is 59.1 Å². The summed E-state index contributed by atoms with van der Waals surface area (Å²) in [5.74, 6) is -5.51. The Morgan fingerprint density at radius 1 is 0.633 bits per heavy atom. The minimum atomic E-state index is -2.15. The van der Waals surface area contributed by atoms with Crippen LogP contribution in [0.3, 0.4) is 0 Å². The lowest BCUT2D eigenvalue weighted by atomic mass is 9.81. The van der Waals surface area contributed by atoms with Gasteiger partial charge in [0.05, 0.1) is 7.11 Å². The highest BCUT2D eigenvalue weighted by atomic mass is 16.6. The summed E-state index contributed by atoms with van der Waals surface area (Å²) in [6.45, 7) is 4.67. The van der Waals surface area contributed by atoms with E-state index >= 15 is 0 Å². The fourth-order valence-corrected chi connectivity index (χ4v) is 4.77. The van der Waals surface area contributed by atoms with Crippen molar-refractivity contribution in [2.45, 2.75) is 64.8 Å². The summed E-state index contributed by atoms with van der Waals surface area (Å²) in [5, 5.41) is 11.1. The lowest BCUT2D eigenvalue weighted by Gasteiger charge is -2.37. The molecule has 3 rings (SSSR count). The molecular weight excluding hydrogens is 648 g/mol. The number of hydrogen-bond acceptors (Lipinski definition) is 15. The monoisotopic (exact) mass is 682 g/mol. The third-order valence-corrected chi connectivity index (χ3v) is 6.56. The number of esters is 7. The molecule has 0 bridgehead atoms. The molecule has 49 heavy (non-hydrogen) atoms. The van der Waals surface area contributed by atoms with E-state index < -0.39 is 59.6 Å². The lowest BCUT2D eigenvalue weighted by molar-refractivity contribution is -0.185. The molecule has 0 radical (unpaired) electrons. The van der Waals surface area contributed by atoms with E-state index in [0.29, 0.717) is 11.1 Å². The predicted molar refractivity (Wildman–Crippen MR) is 167 cm³/mol. The van der Waals surface area contributed by atoms with Crippen LogP contribution < -0.4 is 18.9 Å². The third kappa shape index (κ3) is 11.7. The molecule has 0 unspecified atom stereocenters. The van der Waals surface area contributed by atoms with Crippen molar-refractivity contribution in [1.29, 1.82) is 0 Å². The van der Waals surface area contributed by atoms with E-state index in [4.69, 9.17) is 33.2 Å². The van der Waals surface area contributed by atoms with Crippen LogP contribution in [0.4, 0.5) is 0 Å². The van der Waals surface area contributed by atoms with Gasteiger partial charge in [0.15, 0.2) is 28.6 Å². The lowest BCUT2D eigenvalue weighted by Crippen LogP contribution is -2.51. The number of methoxy groups -OCH3 is 1. The van der Waals surface area contributed by atoms with Gasteiger partial charge in [-0.1, -0.05) is 12.1 Å². The molecule has 0 spiro atoms. The molecule has 15 heteroatoms. The van der Waals surface area contributed by atoms with Crippen LogP contribution in [0.25, 0.3) is 12.2 Å². The largest absolute Gasteiger partial charge is 0.467 e. The number of carbonyl (C=O) groups is 7. The number of ether oxygens (including phenoxy) is 7. The summed E-state index contributed by atoms with van der Waals surface area (Å²) in [5.41, 5.74) is -1.40. The highest BCUT2D eigenvalue weighted by molar-refractivity contribution is 5.89. The second-order valence-electron chi connectivity index (χ2n) is 10.7. The minimum Gasteiger partial charge on any atom is -0.467 e. The summed E-state index contributed by atoms with van der Waals surface area (Å²) in [4.78, 5) is 83.6. The molecule has 2 atom stereocenters. The molecule has 0 aromatic heterocycles. The van der Waals surface area contributed by atoms with Gasteiger partial charge in [-0.15, -0.1) is 0 Å². The molecular formula is C34H34O15. The van der Waals surface area contributed by atoms with Crippen LogP contribution in [-0.2, 0) is 47.8 Å². The van der Waals surface area contributed by atoms with Gasteiger partial charge in [0.2, 0.25) is 0 Å². The molecule has 0 amide bonds. The molecule has 0 saturated heterocycles. The first-order valence-corrected chi connectivity index (χ1v) is 14.7. The highest BCUT2D eigenvalue weighted by Gasteiger charge is 2.48. The van der Waals surface area contributed by atoms with E-state index in [1.165, 1.54) is 62.4 Å². The Bertz CT molecular complexity index is 1570. The van der Waals surface area contributed by atoms with Crippen LogP contribution in [0, 0.1) is 0 Å². The van der Waals surface area contributed by atoms with E-state index in [2.05, 4.69) is 0 Å². The first-order valence-electron chi connectivity index (χ1n) is 14.7. The second kappa shape index (κ2) is 16.8. The van der Waals surface area contributed by atoms with Gasteiger partial charge in [0.25, 0.3) is 0 Å². The van der Waals surface area contributed by atoms with Crippen molar-refractivity contribution in [2.24, 2.45) is 0 Å². The molecule has 2 aromatic rings. The summed E-state index contributed by atoms with van der Waals surface area (Å²) < 4.78 is 35.8. The number of aliphatic hydroxyl groups is 1. The van der Waals surface area contributed by atoms with E-state index in [9.17, 15) is 38.7 Å². The fraction of sp³-hybridized carbons (Fsp3) is 0.324. The molecule has 1 N–H and O–H groups in total.